The lowest BCUT2D eigenvalue weighted by atomic mass is 10.00. The Morgan fingerprint density at radius 3 is 2.52 bits per heavy atom. The lowest BCUT2D eigenvalue weighted by Gasteiger charge is -2.10. The number of hydrogen-bond donors (Lipinski definition) is 0. The van der Waals surface area contributed by atoms with Gasteiger partial charge in [-0.3, -0.25) is 9.78 Å². The molecule has 0 bridgehead atoms. The number of rotatable bonds is 2. The molecule has 0 radical (unpaired) electrons. The van der Waals surface area contributed by atoms with Crippen LogP contribution in [0.15, 0.2) is 30.5 Å². The first kappa shape index (κ1) is 15.0. The van der Waals surface area contributed by atoms with E-state index in [-0.39, 0.29) is 27.3 Å². The summed E-state index contributed by atoms with van der Waals surface area (Å²) in [6, 6.07) is 6.62. The average molecular weight is 311 g/mol. The Bertz CT molecular complexity index is 751. The molecule has 1 heterocycles. The van der Waals surface area contributed by atoms with Crippen molar-refractivity contribution in [1.82, 2.24) is 4.98 Å². The summed E-state index contributed by atoms with van der Waals surface area (Å²) < 4.78 is 37.8. The molecule has 0 aliphatic heterocycles. The molecule has 1 aromatic carbocycles. The van der Waals surface area contributed by atoms with Crippen LogP contribution in [0.1, 0.15) is 21.6 Å². The van der Waals surface area contributed by atoms with Gasteiger partial charge in [0.05, 0.1) is 11.6 Å². The third-order valence-corrected chi connectivity index (χ3v) is 3.06. The molecule has 0 saturated heterocycles. The largest absolute Gasteiger partial charge is 0.433 e. The first-order chi connectivity index (χ1) is 9.86. The molecule has 2 aromatic rings. The summed E-state index contributed by atoms with van der Waals surface area (Å²) in [6.07, 6.45) is -3.14. The minimum Gasteiger partial charge on any atom is -0.298 e. The molecule has 0 fully saturated rings. The van der Waals surface area contributed by atoms with Crippen molar-refractivity contribution in [3.8, 4) is 17.2 Å². The second-order valence-electron chi connectivity index (χ2n) is 4.08. The summed E-state index contributed by atoms with van der Waals surface area (Å²) in [7, 11) is 0. The van der Waals surface area contributed by atoms with Crippen molar-refractivity contribution in [3.63, 3.8) is 0 Å². The molecule has 0 aliphatic rings. The fourth-order valence-electron chi connectivity index (χ4n) is 1.74. The Hall–Kier alpha value is -2.39. The standard InChI is InChI=1S/C14H6ClF3N2O/c15-12-2-1-8(7-21)3-10(12)11-6-20-13(14(16,17)18)4-9(11)5-19/h1-4,6-7H. The van der Waals surface area contributed by atoms with Crippen LogP contribution in [0.5, 0.6) is 0 Å². The predicted molar refractivity (Wildman–Crippen MR) is 69.8 cm³/mol. The van der Waals surface area contributed by atoms with Gasteiger partial charge in [0.2, 0.25) is 0 Å². The molecular weight excluding hydrogens is 305 g/mol. The quantitative estimate of drug-likeness (QED) is 0.784. The van der Waals surface area contributed by atoms with Crippen molar-refractivity contribution < 1.29 is 18.0 Å². The number of carbonyl (C=O) groups is 1. The summed E-state index contributed by atoms with van der Waals surface area (Å²) >= 11 is 5.97. The third-order valence-electron chi connectivity index (χ3n) is 2.73. The van der Waals surface area contributed by atoms with Gasteiger partial charge in [0.1, 0.15) is 12.0 Å². The van der Waals surface area contributed by atoms with Gasteiger partial charge in [-0.2, -0.15) is 18.4 Å². The van der Waals surface area contributed by atoms with Gasteiger partial charge < -0.3 is 0 Å². The number of carbonyl (C=O) groups excluding carboxylic acids is 1. The zero-order valence-corrected chi connectivity index (χ0v) is 11.0. The van der Waals surface area contributed by atoms with Crippen molar-refractivity contribution in [2.24, 2.45) is 0 Å². The van der Waals surface area contributed by atoms with Gasteiger partial charge in [-0.15, -0.1) is 0 Å². The highest BCUT2D eigenvalue weighted by Crippen LogP contribution is 2.34. The molecule has 7 heteroatoms. The zero-order valence-electron chi connectivity index (χ0n) is 10.3. The van der Waals surface area contributed by atoms with Crippen LogP contribution >= 0.6 is 11.6 Å². The summed E-state index contributed by atoms with van der Waals surface area (Å²) in [5.41, 5.74) is -0.677. The second-order valence-corrected chi connectivity index (χ2v) is 4.49. The van der Waals surface area contributed by atoms with Crippen LogP contribution < -0.4 is 0 Å². The number of halogens is 4. The Morgan fingerprint density at radius 1 is 1.24 bits per heavy atom. The Morgan fingerprint density at radius 2 is 1.95 bits per heavy atom. The molecule has 0 atom stereocenters. The first-order valence-corrected chi connectivity index (χ1v) is 5.97. The SMILES string of the molecule is N#Cc1cc(C(F)(F)F)ncc1-c1cc(C=O)ccc1Cl. The molecule has 2 rings (SSSR count). The van der Waals surface area contributed by atoms with Crippen LogP contribution in [0.2, 0.25) is 5.02 Å². The topological polar surface area (TPSA) is 53.8 Å². The van der Waals surface area contributed by atoms with Gasteiger partial charge in [-0.25, -0.2) is 0 Å². The van der Waals surface area contributed by atoms with Crippen LogP contribution in [0.3, 0.4) is 0 Å². The van der Waals surface area contributed by atoms with Gasteiger partial charge in [0, 0.05) is 27.9 Å². The van der Waals surface area contributed by atoms with Crippen LogP contribution in [0.25, 0.3) is 11.1 Å². The Labute approximate surface area is 122 Å². The van der Waals surface area contributed by atoms with Crippen LogP contribution in [-0.2, 0) is 6.18 Å². The summed E-state index contributed by atoms with van der Waals surface area (Å²) in [5.74, 6) is 0. The van der Waals surface area contributed by atoms with E-state index in [0.29, 0.717) is 12.4 Å². The van der Waals surface area contributed by atoms with Gasteiger partial charge in [-0.1, -0.05) is 17.7 Å². The van der Waals surface area contributed by atoms with Crippen molar-refractivity contribution in [1.29, 1.82) is 5.26 Å². The number of nitriles is 1. The molecule has 0 saturated carbocycles. The van der Waals surface area contributed by atoms with E-state index >= 15 is 0 Å². The van der Waals surface area contributed by atoms with Crippen molar-refractivity contribution in [3.05, 3.63) is 52.3 Å². The predicted octanol–water partition coefficient (Wildman–Crippen LogP) is 4.10. The van der Waals surface area contributed by atoms with E-state index in [1.165, 1.54) is 18.2 Å². The average Bonchev–Trinajstić information content (AvgIpc) is 2.46. The molecule has 0 spiro atoms. The fraction of sp³-hybridized carbons (Fsp3) is 0.0714. The highest BCUT2D eigenvalue weighted by atomic mass is 35.5. The summed E-state index contributed by atoms with van der Waals surface area (Å²) in [4.78, 5) is 14.1. The highest BCUT2D eigenvalue weighted by Gasteiger charge is 2.33. The van der Waals surface area contributed by atoms with Crippen LogP contribution in [0.4, 0.5) is 13.2 Å². The molecular formula is C14H6ClF3N2O. The Balaban J connectivity index is 2.65. The smallest absolute Gasteiger partial charge is 0.298 e. The van der Waals surface area contributed by atoms with Crippen LogP contribution in [-0.4, -0.2) is 11.3 Å². The maximum Gasteiger partial charge on any atom is 0.433 e. The van der Waals surface area contributed by atoms with Crippen molar-refractivity contribution in [2.45, 2.75) is 6.18 Å². The first-order valence-electron chi connectivity index (χ1n) is 5.59. The molecule has 106 valence electrons. The van der Waals surface area contributed by atoms with E-state index < -0.39 is 11.9 Å². The van der Waals surface area contributed by atoms with Crippen molar-refractivity contribution in [2.75, 3.05) is 0 Å². The number of alkyl halides is 3. The molecule has 21 heavy (non-hydrogen) atoms. The number of benzene rings is 1. The Kier molecular flexibility index (Phi) is 3.96. The number of aldehydes is 1. The molecule has 1 aromatic heterocycles. The van der Waals surface area contributed by atoms with Gasteiger partial charge in [0.25, 0.3) is 0 Å². The van der Waals surface area contributed by atoms with E-state index in [9.17, 15) is 18.0 Å². The highest BCUT2D eigenvalue weighted by molar-refractivity contribution is 6.33. The second kappa shape index (κ2) is 5.54. The third kappa shape index (κ3) is 3.03. The number of pyridine rings is 1. The number of nitrogens with zero attached hydrogens (tertiary/aromatic N) is 2. The minimum atomic E-state index is -4.64. The molecule has 0 unspecified atom stereocenters. The molecule has 0 N–H and O–H groups in total. The van der Waals surface area contributed by atoms with Crippen molar-refractivity contribution >= 4 is 17.9 Å². The fourth-order valence-corrected chi connectivity index (χ4v) is 1.96. The van der Waals surface area contributed by atoms with E-state index in [0.717, 1.165) is 6.20 Å². The van der Waals surface area contributed by atoms with Gasteiger partial charge >= 0.3 is 6.18 Å². The molecule has 3 nitrogen and oxygen atoms in total. The van der Waals surface area contributed by atoms with Gasteiger partial charge in [0.15, 0.2) is 0 Å². The number of aromatic nitrogens is 1. The van der Waals surface area contributed by atoms with Gasteiger partial charge in [-0.05, 0) is 18.2 Å². The monoisotopic (exact) mass is 310 g/mol. The van der Waals surface area contributed by atoms with E-state index in [1.54, 1.807) is 6.07 Å². The molecule has 0 aliphatic carbocycles. The maximum absolute atomic E-state index is 12.6. The maximum atomic E-state index is 12.6. The number of hydrogen-bond acceptors (Lipinski definition) is 3. The van der Waals surface area contributed by atoms with E-state index in [4.69, 9.17) is 16.9 Å². The minimum absolute atomic E-state index is 0.138. The summed E-state index contributed by atoms with van der Waals surface area (Å²) in [5, 5.41) is 9.24. The lowest BCUT2D eigenvalue weighted by molar-refractivity contribution is -0.141. The normalized spacial score (nSPS) is 11.0. The van der Waals surface area contributed by atoms with Crippen LogP contribution in [0, 0.1) is 11.3 Å². The van der Waals surface area contributed by atoms with E-state index in [1.807, 2.05) is 0 Å². The van der Waals surface area contributed by atoms with E-state index in [2.05, 4.69) is 4.98 Å². The summed E-state index contributed by atoms with van der Waals surface area (Å²) in [6.45, 7) is 0. The zero-order chi connectivity index (χ0) is 15.6. The molecule has 0 amide bonds. The lowest BCUT2D eigenvalue weighted by Crippen LogP contribution is -2.08.